The van der Waals surface area contributed by atoms with Crippen LogP contribution >= 0.6 is 0 Å². The van der Waals surface area contributed by atoms with E-state index in [4.69, 9.17) is 0 Å². The molecular formula is C15H18N2O2S. The lowest BCUT2D eigenvalue weighted by Crippen LogP contribution is -2.27. The van der Waals surface area contributed by atoms with Gasteiger partial charge >= 0.3 is 0 Å². The van der Waals surface area contributed by atoms with Crippen LogP contribution in [0.3, 0.4) is 0 Å². The van der Waals surface area contributed by atoms with Gasteiger partial charge in [0.25, 0.3) is 0 Å². The van der Waals surface area contributed by atoms with Crippen LogP contribution in [0.15, 0.2) is 53.6 Å². The van der Waals surface area contributed by atoms with Crippen molar-refractivity contribution in [3.63, 3.8) is 0 Å². The number of pyridine rings is 1. The Hall–Kier alpha value is -1.72. The predicted octanol–water partition coefficient (Wildman–Crippen LogP) is 2.68. The van der Waals surface area contributed by atoms with Crippen molar-refractivity contribution in [3.8, 4) is 0 Å². The predicted molar refractivity (Wildman–Crippen MR) is 78.8 cm³/mol. The van der Waals surface area contributed by atoms with Crippen molar-refractivity contribution in [1.82, 2.24) is 9.71 Å². The monoisotopic (exact) mass is 290 g/mol. The van der Waals surface area contributed by atoms with E-state index < -0.39 is 10.0 Å². The third kappa shape index (κ3) is 3.43. The summed E-state index contributed by atoms with van der Waals surface area (Å²) in [5.41, 5.74) is 1.81. The van der Waals surface area contributed by atoms with Crippen molar-refractivity contribution >= 4 is 10.0 Å². The highest BCUT2D eigenvalue weighted by Gasteiger charge is 2.18. The second-order valence-electron chi connectivity index (χ2n) is 4.60. The Morgan fingerprint density at radius 2 is 1.85 bits per heavy atom. The Balaban J connectivity index is 2.18. The van der Waals surface area contributed by atoms with Gasteiger partial charge in [-0.2, -0.15) is 0 Å². The van der Waals surface area contributed by atoms with Gasteiger partial charge in [-0.3, -0.25) is 4.98 Å². The molecule has 1 N–H and O–H groups in total. The van der Waals surface area contributed by atoms with Gasteiger partial charge in [-0.25, -0.2) is 13.1 Å². The number of rotatable bonds is 5. The number of nitrogens with one attached hydrogen (secondary N) is 1. The maximum atomic E-state index is 12.3. The van der Waals surface area contributed by atoms with Crippen LogP contribution in [0.4, 0.5) is 0 Å². The maximum Gasteiger partial charge on any atom is 0.241 e. The highest BCUT2D eigenvalue weighted by molar-refractivity contribution is 7.89. The molecule has 1 unspecified atom stereocenters. The van der Waals surface area contributed by atoms with Crippen molar-refractivity contribution in [2.45, 2.75) is 31.2 Å². The Morgan fingerprint density at radius 1 is 1.15 bits per heavy atom. The molecule has 0 saturated heterocycles. The van der Waals surface area contributed by atoms with Crippen LogP contribution in [-0.2, 0) is 16.4 Å². The number of hydrogen-bond acceptors (Lipinski definition) is 3. The molecule has 1 heterocycles. The lowest BCUT2D eigenvalue weighted by Gasteiger charge is -2.13. The van der Waals surface area contributed by atoms with Gasteiger partial charge in [-0.05, 0) is 43.2 Å². The normalized spacial score (nSPS) is 13.1. The molecule has 1 aromatic carbocycles. The number of hydrogen-bond donors (Lipinski definition) is 1. The van der Waals surface area contributed by atoms with Crippen LogP contribution < -0.4 is 4.72 Å². The largest absolute Gasteiger partial charge is 0.260 e. The summed E-state index contributed by atoms with van der Waals surface area (Å²) >= 11 is 0. The van der Waals surface area contributed by atoms with Crippen LogP contribution in [0.5, 0.6) is 0 Å². The fourth-order valence-corrected chi connectivity index (χ4v) is 3.11. The van der Waals surface area contributed by atoms with E-state index in [2.05, 4.69) is 9.71 Å². The third-order valence-electron chi connectivity index (χ3n) is 3.11. The molecule has 4 nitrogen and oxygen atoms in total. The van der Waals surface area contributed by atoms with Crippen molar-refractivity contribution in [2.24, 2.45) is 0 Å². The first-order valence-electron chi connectivity index (χ1n) is 6.55. The van der Waals surface area contributed by atoms with E-state index in [1.54, 1.807) is 37.4 Å². The van der Waals surface area contributed by atoms with E-state index in [-0.39, 0.29) is 10.9 Å². The molecule has 0 aliphatic rings. The van der Waals surface area contributed by atoms with Crippen LogP contribution in [0, 0.1) is 0 Å². The van der Waals surface area contributed by atoms with Gasteiger partial charge in [0.2, 0.25) is 10.0 Å². The first-order chi connectivity index (χ1) is 9.53. The average Bonchev–Trinajstić information content (AvgIpc) is 2.48. The lowest BCUT2D eigenvalue weighted by atomic mass is 10.2. The van der Waals surface area contributed by atoms with Crippen LogP contribution in [0.25, 0.3) is 0 Å². The SMILES string of the molecule is CCc1ccc(S(=O)(=O)NC(C)c2ccccn2)cc1. The Labute approximate surface area is 119 Å². The van der Waals surface area contributed by atoms with E-state index in [0.29, 0.717) is 5.69 Å². The molecule has 0 bridgehead atoms. The molecule has 0 aliphatic carbocycles. The zero-order valence-electron chi connectivity index (χ0n) is 11.6. The number of nitrogens with zero attached hydrogens (tertiary/aromatic N) is 1. The molecule has 0 spiro atoms. The summed E-state index contributed by atoms with van der Waals surface area (Å²) in [6.45, 7) is 3.81. The minimum atomic E-state index is -3.52. The highest BCUT2D eigenvalue weighted by Crippen LogP contribution is 2.16. The summed E-state index contributed by atoms with van der Waals surface area (Å²) in [6, 6.07) is 12.0. The summed E-state index contributed by atoms with van der Waals surface area (Å²) < 4.78 is 27.2. The van der Waals surface area contributed by atoms with E-state index in [9.17, 15) is 8.42 Å². The first-order valence-corrected chi connectivity index (χ1v) is 8.03. The number of aryl methyl sites for hydroxylation is 1. The van der Waals surface area contributed by atoms with Crippen molar-refractivity contribution in [3.05, 3.63) is 59.9 Å². The Morgan fingerprint density at radius 3 is 2.40 bits per heavy atom. The van der Waals surface area contributed by atoms with Gasteiger partial charge in [0.15, 0.2) is 0 Å². The van der Waals surface area contributed by atoms with Gasteiger partial charge in [0.1, 0.15) is 0 Å². The van der Waals surface area contributed by atoms with Gasteiger partial charge in [-0.1, -0.05) is 25.1 Å². The minimum Gasteiger partial charge on any atom is -0.260 e. The second kappa shape index (κ2) is 6.15. The van der Waals surface area contributed by atoms with E-state index in [1.807, 2.05) is 25.1 Å². The van der Waals surface area contributed by atoms with Crippen molar-refractivity contribution in [2.75, 3.05) is 0 Å². The van der Waals surface area contributed by atoms with Crippen LogP contribution in [0.1, 0.15) is 31.1 Å². The fraction of sp³-hybridized carbons (Fsp3) is 0.267. The maximum absolute atomic E-state index is 12.3. The van der Waals surface area contributed by atoms with Gasteiger partial charge in [0, 0.05) is 6.20 Å². The molecule has 1 atom stereocenters. The highest BCUT2D eigenvalue weighted by atomic mass is 32.2. The molecule has 0 fully saturated rings. The lowest BCUT2D eigenvalue weighted by molar-refractivity contribution is 0.564. The molecule has 0 saturated carbocycles. The van der Waals surface area contributed by atoms with E-state index >= 15 is 0 Å². The average molecular weight is 290 g/mol. The van der Waals surface area contributed by atoms with Gasteiger partial charge < -0.3 is 0 Å². The topological polar surface area (TPSA) is 59.1 Å². The van der Waals surface area contributed by atoms with Gasteiger partial charge in [0.05, 0.1) is 16.6 Å². The van der Waals surface area contributed by atoms with E-state index in [1.165, 1.54) is 0 Å². The summed E-state index contributed by atoms with van der Waals surface area (Å²) in [5.74, 6) is 0. The first kappa shape index (κ1) is 14.7. The molecular weight excluding hydrogens is 272 g/mol. The van der Waals surface area contributed by atoms with Gasteiger partial charge in [-0.15, -0.1) is 0 Å². The quantitative estimate of drug-likeness (QED) is 0.921. The standard InChI is InChI=1S/C15H18N2O2S/c1-3-13-7-9-14(10-8-13)20(18,19)17-12(2)15-6-4-5-11-16-15/h4-12,17H,3H2,1-2H3. The molecule has 20 heavy (non-hydrogen) atoms. The smallest absolute Gasteiger partial charge is 0.241 e. The fourth-order valence-electron chi connectivity index (χ4n) is 1.90. The number of sulfonamides is 1. The summed E-state index contributed by atoms with van der Waals surface area (Å²) in [6.07, 6.45) is 2.54. The minimum absolute atomic E-state index is 0.275. The summed E-state index contributed by atoms with van der Waals surface area (Å²) in [5, 5.41) is 0. The van der Waals surface area contributed by atoms with E-state index in [0.717, 1.165) is 12.0 Å². The molecule has 0 amide bonds. The molecule has 2 aromatic rings. The molecule has 2 rings (SSSR count). The van der Waals surface area contributed by atoms with Crippen molar-refractivity contribution < 1.29 is 8.42 Å². The summed E-state index contributed by atoms with van der Waals surface area (Å²) in [4.78, 5) is 4.43. The Kier molecular flexibility index (Phi) is 4.52. The van der Waals surface area contributed by atoms with Crippen molar-refractivity contribution in [1.29, 1.82) is 0 Å². The molecule has 0 aliphatic heterocycles. The molecule has 5 heteroatoms. The Bertz CT molecular complexity index is 652. The van der Waals surface area contributed by atoms with Crippen LogP contribution in [0.2, 0.25) is 0 Å². The second-order valence-corrected chi connectivity index (χ2v) is 6.31. The number of aromatic nitrogens is 1. The summed E-state index contributed by atoms with van der Waals surface area (Å²) in [7, 11) is -3.52. The van der Waals surface area contributed by atoms with Crippen LogP contribution in [-0.4, -0.2) is 13.4 Å². The third-order valence-corrected chi connectivity index (χ3v) is 4.66. The molecule has 106 valence electrons. The number of benzene rings is 1. The molecule has 1 aromatic heterocycles. The zero-order valence-corrected chi connectivity index (χ0v) is 12.4. The molecule has 0 radical (unpaired) electrons. The zero-order chi connectivity index (χ0) is 14.6.